The van der Waals surface area contributed by atoms with Crippen LogP contribution in [0.1, 0.15) is 110 Å². The molecule has 3 N–H and O–H groups in total. The zero-order valence-electron chi connectivity index (χ0n) is 30.1. The SMILES string of the molecule is C=C(CO)CC(CCCC1CCC(C(C)CCC(C)C(=C)/C=C\C(=C\C(C)C)c2ccc(O)c(CC)c2)CC1)COC(=O)C(=C)CO. The highest BCUT2D eigenvalue weighted by Gasteiger charge is 2.26. The lowest BCUT2D eigenvalue weighted by molar-refractivity contribution is -0.140. The van der Waals surface area contributed by atoms with E-state index in [1.165, 1.54) is 49.7 Å². The van der Waals surface area contributed by atoms with Gasteiger partial charge in [-0.2, -0.15) is 0 Å². The van der Waals surface area contributed by atoms with E-state index in [-0.39, 0.29) is 24.7 Å². The summed E-state index contributed by atoms with van der Waals surface area (Å²) in [6, 6.07) is 5.90. The van der Waals surface area contributed by atoms with Crippen LogP contribution in [0.4, 0.5) is 0 Å². The van der Waals surface area contributed by atoms with Crippen LogP contribution in [-0.2, 0) is 16.0 Å². The highest BCUT2D eigenvalue weighted by molar-refractivity contribution is 5.87. The summed E-state index contributed by atoms with van der Waals surface area (Å²) in [5.41, 5.74) is 5.26. The maximum atomic E-state index is 11.9. The van der Waals surface area contributed by atoms with E-state index in [1.807, 2.05) is 6.07 Å². The standard InChI is InChI=1S/C42H64O5/c1-9-37-25-40(21-22-41(37)45)39(23-29(2)3)18-15-32(6)31(5)13-14-33(7)38-19-16-35(17-20-38)11-10-12-36(24-30(4)26-43)28-47-42(46)34(8)27-44/h15,18,21-23,25,29,31,33,35-36,38,43-45H,4,6,8-14,16-17,19-20,24,26-28H2,1-3,5,7H3/b18-15-,39-23-. The fourth-order valence-corrected chi connectivity index (χ4v) is 6.77. The van der Waals surface area contributed by atoms with E-state index in [1.54, 1.807) is 6.07 Å². The van der Waals surface area contributed by atoms with Gasteiger partial charge in [0.25, 0.3) is 0 Å². The van der Waals surface area contributed by atoms with Gasteiger partial charge in [0, 0.05) is 0 Å². The van der Waals surface area contributed by atoms with Crippen LogP contribution in [0.5, 0.6) is 5.75 Å². The molecule has 47 heavy (non-hydrogen) atoms. The molecular formula is C42H64O5. The third kappa shape index (κ3) is 14.4. The lowest BCUT2D eigenvalue weighted by Crippen LogP contribution is -2.21. The summed E-state index contributed by atoms with van der Waals surface area (Å²) < 4.78 is 5.37. The molecule has 0 spiro atoms. The van der Waals surface area contributed by atoms with Gasteiger partial charge in [0.05, 0.1) is 25.4 Å². The zero-order valence-corrected chi connectivity index (χ0v) is 30.1. The summed E-state index contributed by atoms with van der Waals surface area (Å²) >= 11 is 0. The van der Waals surface area contributed by atoms with E-state index < -0.39 is 12.6 Å². The second kappa shape index (κ2) is 21.2. The molecule has 2 rings (SSSR count). The minimum absolute atomic E-state index is 0.0585. The Kier molecular flexibility index (Phi) is 18.1. The number of ether oxygens (including phenoxy) is 1. The maximum Gasteiger partial charge on any atom is 0.335 e. The number of allylic oxidation sites excluding steroid dienone is 5. The number of aliphatic hydroxyl groups is 2. The number of phenols is 1. The molecule has 0 amide bonds. The van der Waals surface area contributed by atoms with Crippen molar-refractivity contribution >= 4 is 11.5 Å². The van der Waals surface area contributed by atoms with Crippen molar-refractivity contribution in [1.29, 1.82) is 0 Å². The van der Waals surface area contributed by atoms with Crippen LogP contribution < -0.4 is 0 Å². The summed E-state index contributed by atoms with van der Waals surface area (Å²) in [6.07, 6.45) is 18.8. The first kappa shape index (κ1) is 40.3. The summed E-state index contributed by atoms with van der Waals surface area (Å²) in [5.74, 6) is 2.99. The minimum Gasteiger partial charge on any atom is -0.508 e. The molecule has 3 unspecified atom stereocenters. The lowest BCUT2D eigenvalue weighted by atomic mass is 9.73. The molecule has 0 radical (unpaired) electrons. The van der Waals surface area contributed by atoms with Crippen LogP contribution in [-0.4, -0.2) is 41.1 Å². The first-order valence-electron chi connectivity index (χ1n) is 18.0. The number of carbonyl (C=O) groups excluding carboxylic acids is 1. The maximum absolute atomic E-state index is 11.9. The van der Waals surface area contributed by atoms with Crippen molar-refractivity contribution in [3.05, 3.63) is 84.0 Å². The van der Waals surface area contributed by atoms with Crippen LogP contribution in [0, 0.1) is 35.5 Å². The molecule has 1 fully saturated rings. The topological polar surface area (TPSA) is 87.0 Å². The molecule has 0 aromatic heterocycles. The number of phenolic OH excluding ortho intramolecular Hbond substituents is 1. The van der Waals surface area contributed by atoms with Crippen LogP contribution >= 0.6 is 0 Å². The van der Waals surface area contributed by atoms with Crippen molar-refractivity contribution in [2.45, 2.75) is 105 Å². The predicted octanol–water partition coefficient (Wildman–Crippen LogP) is 9.78. The molecule has 5 nitrogen and oxygen atoms in total. The fraction of sp³-hybridized carbons (Fsp3) is 0.595. The number of hydrogen-bond donors (Lipinski definition) is 3. The Morgan fingerprint density at radius 1 is 0.979 bits per heavy atom. The van der Waals surface area contributed by atoms with Gasteiger partial charge in [-0.05, 0) is 109 Å². The van der Waals surface area contributed by atoms with Gasteiger partial charge in [-0.3, -0.25) is 0 Å². The Hall–Kier alpha value is -2.89. The summed E-state index contributed by atoms with van der Waals surface area (Å²) in [4.78, 5) is 11.9. The summed E-state index contributed by atoms with van der Waals surface area (Å²) in [6.45, 7) is 22.9. The van der Waals surface area contributed by atoms with Gasteiger partial charge in [-0.15, -0.1) is 0 Å². The number of aliphatic hydroxyl groups excluding tert-OH is 2. The molecule has 1 aliphatic rings. The molecular weight excluding hydrogens is 584 g/mol. The minimum atomic E-state index is -0.557. The smallest absolute Gasteiger partial charge is 0.335 e. The molecule has 3 atom stereocenters. The number of rotatable bonds is 21. The number of esters is 1. The fourth-order valence-electron chi connectivity index (χ4n) is 6.77. The van der Waals surface area contributed by atoms with Gasteiger partial charge < -0.3 is 20.1 Å². The molecule has 262 valence electrons. The Balaban J connectivity index is 1.80. The van der Waals surface area contributed by atoms with Crippen molar-refractivity contribution < 1.29 is 24.9 Å². The first-order chi connectivity index (χ1) is 22.4. The zero-order chi connectivity index (χ0) is 34.9. The molecule has 1 saturated carbocycles. The van der Waals surface area contributed by atoms with Gasteiger partial charge in [0.2, 0.25) is 0 Å². The molecule has 1 aliphatic carbocycles. The second-order valence-electron chi connectivity index (χ2n) is 14.5. The largest absolute Gasteiger partial charge is 0.508 e. The monoisotopic (exact) mass is 648 g/mol. The molecule has 1 aromatic carbocycles. The van der Waals surface area contributed by atoms with Crippen molar-refractivity contribution in [3.8, 4) is 5.75 Å². The predicted molar refractivity (Wildman–Crippen MR) is 197 cm³/mol. The van der Waals surface area contributed by atoms with Gasteiger partial charge in [-0.1, -0.05) is 115 Å². The number of benzene rings is 1. The van der Waals surface area contributed by atoms with E-state index in [0.717, 1.165) is 54.2 Å². The highest BCUT2D eigenvalue weighted by atomic mass is 16.5. The van der Waals surface area contributed by atoms with E-state index >= 15 is 0 Å². The van der Waals surface area contributed by atoms with Crippen LogP contribution in [0.25, 0.3) is 5.57 Å². The first-order valence-corrected chi connectivity index (χ1v) is 18.0. The molecule has 0 heterocycles. The average molecular weight is 649 g/mol. The Morgan fingerprint density at radius 3 is 2.30 bits per heavy atom. The Bertz CT molecular complexity index is 1210. The third-order valence-corrected chi connectivity index (χ3v) is 10.1. The van der Waals surface area contributed by atoms with E-state index in [2.05, 4.69) is 78.6 Å². The summed E-state index contributed by atoms with van der Waals surface area (Å²) in [7, 11) is 0. The average Bonchev–Trinajstić information content (AvgIpc) is 3.07. The van der Waals surface area contributed by atoms with E-state index in [9.17, 15) is 15.0 Å². The van der Waals surface area contributed by atoms with Gasteiger partial charge in [0.1, 0.15) is 5.75 Å². The van der Waals surface area contributed by atoms with Crippen molar-refractivity contribution in [2.24, 2.45) is 35.5 Å². The van der Waals surface area contributed by atoms with Gasteiger partial charge in [0.15, 0.2) is 0 Å². The van der Waals surface area contributed by atoms with Crippen molar-refractivity contribution in [2.75, 3.05) is 19.8 Å². The van der Waals surface area contributed by atoms with Crippen molar-refractivity contribution in [3.63, 3.8) is 0 Å². The summed E-state index contributed by atoms with van der Waals surface area (Å²) in [5, 5.41) is 28.7. The Labute approximate surface area is 286 Å². The second-order valence-corrected chi connectivity index (χ2v) is 14.5. The van der Waals surface area contributed by atoms with Gasteiger partial charge in [-0.25, -0.2) is 4.79 Å². The third-order valence-electron chi connectivity index (χ3n) is 10.1. The van der Waals surface area contributed by atoms with E-state index in [4.69, 9.17) is 9.84 Å². The number of aryl methyl sites for hydroxylation is 1. The molecule has 1 aromatic rings. The van der Waals surface area contributed by atoms with E-state index in [0.29, 0.717) is 29.9 Å². The lowest BCUT2D eigenvalue weighted by Gasteiger charge is -2.33. The molecule has 0 aliphatic heterocycles. The Morgan fingerprint density at radius 2 is 1.68 bits per heavy atom. The molecule has 0 bridgehead atoms. The molecule has 5 heteroatoms. The van der Waals surface area contributed by atoms with Crippen LogP contribution in [0.2, 0.25) is 0 Å². The number of carbonyl (C=O) groups is 1. The highest BCUT2D eigenvalue weighted by Crippen LogP contribution is 2.38. The van der Waals surface area contributed by atoms with Gasteiger partial charge >= 0.3 is 5.97 Å². The molecule has 0 saturated heterocycles. The van der Waals surface area contributed by atoms with Crippen LogP contribution in [0.3, 0.4) is 0 Å². The normalized spacial score (nSPS) is 19.0. The quantitative estimate of drug-likeness (QED) is 0.0535. The van der Waals surface area contributed by atoms with Crippen molar-refractivity contribution in [1.82, 2.24) is 0 Å². The number of aromatic hydroxyl groups is 1. The number of hydrogen-bond acceptors (Lipinski definition) is 5. The van der Waals surface area contributed by atoms with Crippen LogP contribution in [0.15, 0.2) is 72.9 Å².